The molecule has 2 aliphatic rings. The van der Waals surface area contributed by atoms with Crippen LogP contribution >= 0.6 is 12.4 Å². The number of carbonyl (C=O) groups excluding carboxylic acids is 2. The Morgan fingerprint density at radius 3 is 2.83 bits per heavy atom. The second-order valence-electron chi connectivity index (χ2n) is 6.50. The topological polar surface area (TPSA) is 80.6 Å². The van der Waals surface area contributed by atoms with Crippen LogP contribution in [0.25, 0.3) is 0 Å². The summed E-state index contributed by atoms with van der Waals surface area (Å²) in [6.45, 7) is 1.99. The van der Waals surface area contributed by atoms with Crippen LogP contribution in [0.15, 0.2) is 10.5 Å². The van der Waals surface area contributed by atoms with E-state index >= 15 is 0 Å². The number of hydrogen-bond donors (Lipinski definition) is 2. The molecule has 0 radical (unpaired) electrons. The Labute approximate surface area is 148 Å². The number of halogens is 1. The third-order valence-electron chi connectivity index (χ3n) is 4.99. The summed E-state index contributed by atoms with van der Waals surface area (Å²) in [7, 11) is 1.33. The van der Waals surface area contributed by atoms with Gasteiger partial charge < -0.3 is 19.8 Å². The molecule has 1 saturated heterocycles. The highest BCUT2D eigenvalue weighted by atomic mass is 35.5. The minimum Gasteiger partial charge on any atom is -0.465 e. The number of amides is 1. The fourth-order valence-corrected chi connectivity index (χ4v) is 3.76. The molecule has 2 fully saturated rings. The SMILES string of the molecule is COC(=O)c1cc(CNC(=O)C2CC3CCCCC3N2)oc1C.Cl. The standard InChI is InChI=1S/C17H24N2O4.ClH/c1-10-13(17(21)22-2)8-12(23-10)9-18-16(20)15-7-11-5-3-4-6-14(11)19-15;/h8,11,14-15,19H,3-7,9H2,1-2H3,(H,18,20);1H. The van der Waals surface area contributed by atoms with Gasteiger partial charge in [-0.2, -0.15) is 0 Å². The van der Waals surface area contributed by atoms with E-state index in [0.29, 0.717) is 29.0 Å². The van der Waals surface area contributed by atoms with E-state index in [9.17, 15) is 9.59 Å². The normalized spacial score (nSPS) is 25.5. The Balaban J connectivity index is 0.00000208. The Bertz CT molecular complexity index is 587. The van der Waals surface area contributed by atoms with E-state index in [1.54, 1.807) is 13.0 Å². The van der Waals surface area contributed by atoms with Crippen molar-refractivity contribution in [2.24, 2.45) is 5.92 Å². The maximum Gasteiger partial charge on any atom is 0.341 e. The van der Waals surface area contributed by atoms with Crippen LogP contribution in [-0.2, 0) is 16.1 Å². The van der Waals surface area contributed by atoms with Gasteiger partial charge in [0.15, 0.2) is 0 Å². The molecular formula is C17H25ClN2O4. The predicted molar refractivity (Wildman–Crippen MR) is 91.2 cm³/mol. The van der Waals surface area contributed by atoms with Crippen LogP contribution in [0.2, 0.25) is 0 Å². The second kappa shape index (κ2) is 8.03. The summed E-state index contributed by atoms with van der Waals surface area (Å²) in [6.07, 6.45) is 5.85. The van der Waals surface area contributed by atoms with Gasteiger partial charge in [-0.25, -0.2) is 4.79 Å². The maximum atomic E-state index is 12.3. The van der Waals surface area contributed by atoms with Gasteiger partial charge in [-0.1, -0.05) is 12.8 Å². The van der Waals surface area contributed by atoms with Gasteiger partial charge in [-0.05, 0) is 38.2 Å². The van der Waals surface area contributed by atoms with Crippen molar-refractivity contribution < 1.29 is 18.7 Å². The van der Waals surface area contributed by atoms with Crippen molar-refractivity contribution in [2.75, 3.05) is 7.11 Å². The molecule has 1 aliphatic heterocycles. The number of ether oxygens (including phenoxy) is 1. The molecule has 0 bridgehead atoms. The largest absolute Gasteiger partial charge is 0.465 e. The lowest BCUT2D eigenvalue weighted by Crippen LogP contribution is -2.42. The van der Waals surface area contributed by atoms with Crippen LogP contribution < -0.4 is 10.6 Å². The van der Waals surface area contributed by atoms with E-state index in [2.05, 4.69) is 10.6 Å². The zero-order chi connectivity index (χ0) is 16.4. The number of carbonyl (C=O) groups is 2. The van der Waals surface area contributed by atoms with Gasteiger partial charge in [0.25, 0.3) is 0 Å². The van der Waals surface area contributed by atoms with Gasteiger partial charge in [-0.3, -0.25) is 4.79 Å². The number of esters is 1. The Hall–Kier alpha value is -1.53. The highest BCUT2D eigenvalue weighted by Gasteiger charge is 2.38. The lowest BCUT2D eigenvalue weighted by atomic mass is 9.85. The fraction of sp³-hybridized carbons (Fsp3) is 0.647. The summed E-state index contributed by atoms with van der Waals surface area (Å²) in [5, 5.41) is 6.36. The lowest BCUT2D eigenvalue weighted by molar-refractivity contribution is -0.123. The van der Waals surface area contributed by atoms with Gasteiger partial charge in [0.1, 0.15) is 17.1 Å². The van der Waals surface area contributed by atoms with Gasteiger partial charge in [-0.15, -0.1) is 12.4 Å². The summed E-state index contributed by atoms with van der Waals surface area (Å²) >= 11 is 0. The van der Waals surface area contributed by atoms with E-state index in [1.807, 2.05) is 0 Å². The number of nitrogens with one attached hydrogen (secondary N) is 2. The van der Waals surface area contributed by atoms with Crippen molar-refractivity contribution in [3.63, 3.8) is 0 Å². The predicted octanol–water partition coefficient (Wildman–Crippen LogP) is 2.33. The molecule has 134 valence electrons. The zero-order valence-electron chi connectivity index (χ0n) is 14.1. The van der Waals surface area contributed by atoms with E-state index in [-0.39, 0.29) is 30.9 Å². The highest BCUT2D eigenvalue weighted by Crippen LogP contribution is 2.33. The third-order valence-corrected chi connectivity index (χ3v) is 4.99. The first-order valence-corrected chi connectivity index (χ1v) is 8.30. The summed E-state index contributed by atoms with van der Waals surface area (Å²) in [5.74, 6) is 1.28. The van der Waals surface area contributed by atoms with Crippen molar-refractivity contribution in [1.29, 1.82) is 0 Å². The smallest absolute Gasteiger partial charge is 0.341 e. The molecule has 3 atom stereocenters. The fourth-order valence-electron chi connectivity index (χ4n) is 3.76. The number of fused-ring (bicyclic) bond motifs is 1. The van der Waals surface area contributed by atoms with Gasteiger partial charge in [0, 0.05) is 6.04 Å². The maximum absolute atomic E-state index is 12.3. The van der Waals surface area contributed by atoms with E-state index in [1.165, 1.54) is 32.8 Å². The van der Waals surface area contributed by atoms with Gasteiger partial charge in [0.05, 0.1) is 19.7 Å². The van der Waals surface area contributed by atoms with E-state index in [4.69, 9.17) is 9.15 Å². The number of furan rings is 1. The Morgan fingerprint density at radius 2 is 2.12 bits per heavy atom. The molecule has 1 amide bonds. The molecule has 7 heteroatoms. The van der Waals surface area contributed by atoms with Crippen molar-refractivity contribution in [3.8, 4) is 0 Å². The molecule has 24 heavy (non-hydrogen) atoms. The summed E-state index contributed by atoms with van der Waals surface area (Å²) < 4.78 is 10.2. The van der Waals surface area contributed by atoms with Crippen molar-refractivity contribution >= 4 is 24.3 Å². The van der Waals surface area contributed by atoms with Crippen LogP contribution in [0.4, 0.5) is 0 Å². The van der Waals surface area contributed by atoms with E-state index in [0.717, 1.165) is 6.42 Å². The molecule has 1 aliphatic carbocycles. The molecule has 3 rings (SSSR count). The second-order valence-corrected chi connectivity index (χ2v) is 6.50. The molecule has 1 saturated carbocycles. The van der Waals surface area contributed by atoms with Crippen LogP contribution in [-0.4, -0.2) is 31.1 Å². The molecule has 1 aromatic rings. The molecule has 0 aromatic carbocycles. The first-order valence-electron chi connectivity index (χ1n) is 8.30. The van der Waals surface area contributed by atoms with Crippen molar-refractivity contribution in [1.82, 2.24) is 10.6 Å². The summed E-state index contributed by atoms with van der Waals surface area (Å²) in [5.41, 5.74) is 0.404. The van der Waals surface area contributed by atoms with Crippen LogP contribution in [0.1, 0.15) is 54.0 Å². The highest BCUT2D eigenvalue weighted by molar-refractivity contribution is 5.90. The van der Waals surface area contributed by atoms with Gasteiger partial charge in [0.2, 0.25) is 5.91 Å². The minimum atomic E-state index is -0.426. The quantitative estimate of drug-likeness (QED) is 0.809. The number of hydrogen-bond acceptors (Lipinski definition) is 5. The Morgan fingerprint density at radius 1 is 1.38 bits per heavy atom. The third kappa shape index (κ3) is 3.92. The average Bonchev–Trinajstić information content (AvgIpc) is 3.15. The molecule has 2 N–H and O–H groups in total. The van der Waals surface area contributed by atoms with Crippen LogP contribution in [0, 0.1) is 12.8 Å². The lowest BCUT2D eigenvalue weighted by Gasteiger charge is -2.24. The number of aryl methyl sites for hydroxylation is 1. The number of methoxy groups -OCH3 is 1. The van der Waals surface area contributed by atoms with Crippen LogP contribution in [0.3, 0.4) is 0 Å². The summed E-state index contributed by atoms with van der Waals surface area (Å²) in [6, 6.07) is 2.01. The van der Waals surface area contributed by atoms with E-state index < -0.39 is 5.97 Å². The molecule has 6 nitrogen and oxygen atoms in total. The monoisotopic (exact) mass is 356 g/mol. The van der Waals surface area contributed by atoms with Crippen LogP contribution in [0.5, 0.6) is 0 Å². The zero-order valence-corrected chi connectivity index (χ0v) is 14.9. The number of rotatable bonds is 4. The molecular weight excluding hydrogens is 332 g/mol. The van der Waals surface area contributed by atoms with Gasteiger partial charge >= 0.3 is 5.97 Å². The molecule has 1 aromatic heterocycles. The Kier molecular flexibility index (Phi) is 6.29. The van der Waals surface area contributed by atoms with Crippen molar-refractivity contribution in [3.05, 3.63) is 23.2 Å². The summed E-state index contributed by atoms with van der Waals surface area (Å²) in [4.78, 5) is 23.9. The first kappa shape index (κ1) is 18.8. The average molecular weight is 357 g/mol. The molecule has 0 spiro atoms. The molecule has 2 heterocycles. The molecule has 3 unspecified atom stereocenters. The van der Waals surface area contributed by atoms with Crippen molar-refractivity contribution in [2.45, 2.75) is 57.7 Å². The minimum absolute atomic E-state index is 0. The first-order chi connectivity index (χ1) is 11.1.